The molecule has 2 fully saturated rings. The van der Waals surface area contributed by atoms with E-state index in [0.717, 1.165) is 43.0 Å². The van der Waals surface area contributed by atoms with Gasteiger partial charge in [0.05, 0.1) is 24.9 Å². The zero-order valence-corrected chi connectivity index (χ0v) is 21.4. The molecule has 198 valence electrons. The summed E-state index contributed by atoms with van der Waals surface area (Å²) in [5, 5.41) is 14.9. The minimum absolute atomic E-state index is 0.202. The van der Waals surface area contributed by atoms with Gasteiger partial charge < -0.3 is 30.3 Å². The first-order chi connectivity index (χ1) is 17.9. The molecular weight excluding hydrogens is 474 g/mol. The van der Waals surface area contributed by atoms with Gasteiger partial charge in [0.25, 0.3) is 0 Å². The quantitative estimate of drug-likeness (QED) is 0.562. The van der Waals surface area contributed by atoms with E-state index in [2.05, 4.69) is 27.4 Å². The molecule has 5 rings (SSSR count). The zero-order chi connectivity index (χ0) is 25.9. The van der Waals surface area contributed by atoms with Crippen LogP contribution in [-0.4, -0.2) is 95.0 Å². The number of ether oxygens (including phenoxy) is 1. The van der Waals surface area contributed by atoms with Crippen LogP contribution in [0.4, 0.5) is 21.1 Å². The number of carbonyl (C=O) groups excluding carboxylic acids is 1. The minimum atomic E-state index is -0.849. The van der Waals surface area contributed by atoms with Gasteiger partial charge in [0, 0.05) is 62.1 Å². The lowest BCUT2D eigenvalue weighted by Crippen LogP contribution is -2.46. The van der Waals surface area contributed by atoms with Crippen molar-refractivity contribution in [3.05, 3.63) is 35.5 Å². The highest BCUT2D eigenvalue weighted by atomic mass is 16.5. The predicted octanol–water partition coefficient (Wildman–Crippen LogP) is 2.62. The first kappa shape index (κ1) is 25.2. The lowest BCUT2D eigenvalue weighted by Gasteiger charge is -2.38. The molecular formula is C26H35N7O4. The molecule has 4 heterocycles. The number of carbonyl (C=O) groups is 2. The highest BCUT2D eigenvalue weighted by Gasteiger charge is 2.35. The van der Waals surface area contributed by atoms with E-state index >= 15 is 0 Å². The van der Waals surface area contributed by atoms with Gasteiger partial charge in [-0.2, -0.15) is 0 Å². The Bertz CT molecular complexity index is 1140. The Morgan fingerprint density at radius 3 is 2.68 bits per heavy atom. The van der Waals surface area contributed by atoms with Crippen LogP contribution in [0.3, 0.4) is 0 Å². The highest BCUT2D eigenvalue weighted by Crippen LogP contribution is 2.33. The molecule has 3 amide bonds. The molecule has 11 nitrogen and oxygen atoms in total. The lowest BCUT2D eigenvalue weighted by molar-refractivity contribution is 0.0982. The Morgan fingerprint density at radius 2 is 1.97 bits per heavy atom. The van der Waals surface area contributed by atoms with E-state index in [1.54, 1.807) is 0 Å². The van der Waals surface area contributed by atoms with Crippen molar-refractivity contribution in [2.75, 3.05) is 56.2 Å². The Kier molecular flexibility index (Phi) is 7.43. The number of hydrogen-bond acceptors (Lipinski definition) is 7. The molecule has 2 saturated heterocycles. The fourth-order valence-corrected chi connectivity index (χ4v) is 5.40. The third-order valence-electron chi connectivity index (χ3n) is 7.40. The van der Waals surface area contributed by atoms with Crippen molar-refractivity contribution in [2.45, 2.75) is 45.3 Å². The summed E-state index contributed by atoms with van der Waals surface area (Å²) < 4.78 is 5.68. The number of morpholine rings is 1. The van der Waals surface area contributed by atoms with Crippen LogP contribution >= 0.6 is 0 Å². The Labute approximate surface area is 216 Å². The van der Waals surface area contributed by atoms with E-state index in [9.17, 15) is 14.7 Å². The summed E-state index contributed by atoms with van der Waals surface area (Å²) in [5.74, 6) is 1.62. The van der Waals surface area contributed by atoms with Gasteiger partial charge in [-0.15, -0.1) is 0 Å². The lowest BCUT2D eigenvalue weighted by atomic mass is 10.0. The van der Waals surface area contributed by atoms with Crippen molar-refractivity contribution < 1.29 is 19.4 Å². The first-order valence-corrected chi connectivity index (χ1v) is 13.0. The van der Waals surface area contributed by atoms with Crippen LogP contribution in [0.5, 0.6) is 0 Å². The Hall–Kier alpha value is -3.44. The standard InChI is InChI=1S/C26H35N7O4/c1-3-27-25(34)28-19-6-4-18(5-7-19)23-29-22-15-31(20-8-10-32(14-20)26(35)36)11-9-21(22)24(30-23)33-12-13-37-16-17(33)2/h4-7,17,20H,3,8-16H2,1-2H3,(H,35,36)(H2,27,28,34). The molecule has 37 heavy (non-hydrogen) atoms. The fourth-order valence-electron chi connectivity index (χ4n) is 5.40. The van der Waals surface area contributed by atoms with Crippen LogP contribution in [0.25, 0.3) is 11.4 Å². The SMILES string of the molecule is CCNC(=O)Nc1ccc(-c2nc3c(c(N4CCOCC4C)n2)CCN(C2CCN(C(=O)O)C2)C3)cc1. The number of hydrogen-bond donors (Lipinski definition) is 3. The van der Waals surface area contributed by atoms with Gasteiger partial charge in [-0.05, 0) is 51.0 Å². The summed E-state index contributed by atoms with van der Waals surface area (Å²) in [6.07, 6.45) is 0.819. The van der Waals surface area contributed by atoms with Gasteiger partial charge in [0.15, 0.2) is 5.82 Å². The van der Waals surface area contributed by atoms with Crippen LogP contribution in [0.2, 0.25) is 0 Å². The van der Waals surface area contributed by atoms with Crippen LogP contribution in [-0.2, 0) is 17.7 Å². The molecule has 0 radical (unpaired) electrons. The average molecular weight is 510 g/mol. The molecule has 11 heteroatoms. The molecule has 3 aliphatic heterocycles. The van der Waals surface area contributed by atoms with Crippen LogP contribution in [0.1, 0.15) is 31.5 Å². The van der Waals surface area contributed by atoms with E-state index in [4.69, 9.17) is 14.7 Å². The number of nitrogens with one attached hydrogen (secondary N) is 2. The van der Waals surface area contributed by atoms with E-state index in [1.807, 2.05) is 31.2 Å². The number of likely N-dealkylation sites (tertiary alicyclic amines) is 1. The van der Waals surface area contributed by atoms with E-state index in [-0.39, 0.29) is 18.1 Å². The van der Waals surface area contributed by atoms with Gasteiger partial charge in [-0.3, -0.25) is 4.90 Å². The molecule has 0 bridgehead atoms. The molecule has 2 unspecified atom stereocenters. The normalized spacial score (nSPS) is 22.0. The second-order valence-corrected chi connectivity index (χ2v) is 9.87. The number of urea groups is 1. The molecule has 0 aliphatic carbocycles. The van der Waals surface area contributed by atoms with Crippen molar-refractivity contribution in [3.63, 3.8) is 0 Å². The third-order valence-corrected chi connectivity index (χ3v) is 7.40. The van der Waals surface area contributed by atoms with Crippen molar-refractivity contribution in [3.8, 4) is 11.4 Å². The number of amides is 3. The summed E-state index contributed by atoms with van der Waals surface area (Å²) in [6.45, 7) is 9.34. The number of fused-ring (bicyclic) bond motifs is 1. The number of anilines is 2. The molecule has 3 N–H and O–H groups in total. The maximum absolute atomic E-state index is 11.9. The average Bonchev–Trinajstić information content (AvgIpc) is 3.40. The second-order valence-electron chi connectivity index (χ2n) is 9.87. The fraction of sp³-hybridized carbons (Fsp3) is 0.538. The van der Waals surface area contributed by atoms with Crippen molar-refractivity contribution in [1.82, 2.24) is 25.1 Å². The summed E-state index contributed by atoms with van der Waals surface area (Å²) in [7, 11) is 0. The maximum atomic E-state index is 11.9. The minimum Gasteiger partial charge on any atom is -0.465 e. The van der Waals surface area contributed by atoms with E-state index < -0.39 is 6.09 Å². The summed E-state index contributed by atoms with van der Waals surface area (Å²) in [6, 6.07) is 7.74. The number of nitrogens with zero attached hydrogens (tertiary/aromatic N) is 5. The largest absolute Gasteiger partial charge is 0.465 e. The van der Waals surface area contributed by atoms with E-state index in [1.165, 1.54) is 10.5 Å². The molecule has 2 atom stereocenters. The van der Waals surface area contributed by atoms with Crippen LogP contribution in [0, 0.1) is 0 Å². The molecule has 0 saturated carbocycles. The molecule has 3 aliphatic rings. The summed E-state index contributed by atoms with van der Waals surface area (Å²) in [5.41, 5.74) is 3.76. The number of carboxylic acid groups (broad SMARTS) is 1. The Balaban J connectivity index is 1.44. The molecule has 1 aromatic heterocycles. The smallest absolute Gasteiger partial charge is 0.407 e. The Morgan fingerprint density at radius 1 is 1.16 bits per heavy atom. The number of benzene rings is 1. The van der Waals surface area contributed by atoms with Crippen molar-refractivity contribution in [2.24, 2.45) is 0 Å². The topological polar surface area (TPSA) is 123 Å². The zero-order valence-electron chi connectivity index (χ0n) is 21.4. The van der Waals surface area contributed by atoms with Crippen molar-refractivity contribution in [1.29, 1.82) is 0 Å². The van der Waals surface area contributed by atoms with Gasteiger partial charge in [-0.1, -0.05) is 0 Å². The van der Waals surface area contributed by atoms with Crippen LogP contribution < -0.4 is 15.5 Å². The van der Waals surface area contributed by atoms with Crippen molar-refractivity contribution >= 4 is 23.6 Å². The number of aromatic nitrogens is 2. The summed E-state index contributed by atoms with van der Waals surface area (Å²) >= 11 is 0. The van der Waals surface area contributed by atoms with E-state index in [0.29, 0.717) is 50.9 Å². The van der Waals surface area contributed by atoms with Gasteiger partial charge in [0.2, 0.25) is 0 Å². The highest BCUT2D eigenvalue weighted by molar-refractivity contribution is 5.89. The second kappa shape index (κ2) is 10.9. The molecule has 1 aromatic carbocycles. The van der Waals surface area contributed by atoms with Crippen LogP contribution in [0.15, 0.2) is 24.3 Å². The molecule has 0 spiro atoms. The first-order valence-electron chi connectivity index (χ1n) is 13.0. The van der Waals surface area contributed by atoms with Gasteiger partial charge >= 0.3 is 12.1 Å². The maximum Gasteiger partial charge on any atom is 0.407 e. The summed E-state index contributed by atoms with van der Waals surface area (Å²) in [4.78, 5) is 39.6. The van der Waals surface area contributed by atoms with Gasteiger partial charge in [0.1, 0.15) is 5.82 Å². The third kappa shape index (κ3) is 5.47. The molecule has 2 aromatic rings. The van der Waals surface area contributed by atoms with Gasteiger partial charge in [-0.25, -0.2) is 19.6 Å². The monoisotopic (exact) mass is 509 g/mol. The predicted molar refractivity (Wildman–Crippen MR) is 140 cm³/mol. The number of rotatable bonds is 5.